The molecule has 1 aliphatic heterocycles. The number of hydrogen-bond acceptors (Lipinski definition) is 5. The zero-order valence-corrected chi connectivity index (χ0v) is 15.0. The molecule has 1 saturated heterocycles. The maximum atomic E-state index is 13.8. The van der Waals surface area contributed by atoms with Gasteiger partial charge in [0.2, 0.25) is 0 Å². The maximum absolute atomic E-state index is 13.8. The molecule has 3 aromatic rings. The maximum Gasteiger partial charge on any atom is 0.250 e. The number of benzene rings is 2. The van der Waals surface area contributed by atoms with Crippen LogP contribution in [0.3, 0.4) is 0 Å². The number of carbonyl (C=O) groups is 1. The average Bonchev–Trinajstić information content (AvgIpc) is 3.09. The molecule has 4 rings (SSSR count). The zero-order chi connectivity index (χ0) is 19.0. The van der Waals surface area contributed by atoms with Gasteiger partial charge in [-0.3, -0.25) is 4.79 Å². The third-order valence-electron chi connectivity index (χ3n) is 4.81. The lowest BCUT2D eigenvalue weighted by molar-refractivity contribution is 0.100. The minimum absolute atomic E-state index is 0.00528. The number of nitrogens with zero attached hydrogens (tertiary/aromatic N) is 2. The molecule has 0 aliphatic carbocycles. The predicted octanol–water partition coefficient (Wildman–Crippen LogP) is 2.69. The molecule has 2 heterocycles. The summed E-state index contributed by atoms with van der Waals surface area (Å²) in [6.07, 6.45) is 3.03. The molecule has 4 N–H and O–H groups in total. The van der Waals surface area contributed by atoms with E-state index in [0.717, 1.165) is 11.3 Å². The summed E-state index contributed by atoms with van der Waals surface area (Å²) < 4.78 is 13.8. The highest BCUT2D eigenvalue weighted by molar-refractivity contribution is 6.30. The average molecular weight is 386 g/mol. The Labute approximate surface area is 159 Å². The second-order valence-electron chi connectivity index (χ2n) is 6.53. The number of fused-ring (bicyclic) bond motifs is 1. The molecule has 138 valence electrons. The molecule has 0 spiro atoms. The molecule has 1 aromatic heterocycles. The lowest BCUT2D eigenvalue weighted by Gasteiger charge is -2.23. The Kier molecular flexibility index (Phi) is 4.63. The van der Waals surface area contributed by atoms with Gasteiger partial charge in [-0.1, -0.05) is 11.6 Å². The smallest absolute Gasteiger partial charge is 0.250 e. The minimum Gasteiger partial charge on any atom is -0.380 e. The van der Waals surface area contributed by atoms with Gasteiger partial charge in [-0.15, -0.1) is 0 Å². The lowest BCUT2D eigenvalue weighted by atomic mass is 9.93. The molecular weight excluding hydrogens is 369 g/mol. The molecule has 8 heteroatoms. The topological polar surface area (TPSA) is 92.9 Å². The number of amides is 1. The van der Waals surface area contributed by atoms with Gasteiger partial charge in [0.05, 0.1) is 11.1 Å². The molecular formula is C19H17ClFN5O. The van der Waals surface area contributed by atoms with Gasteiger partial charge in [0.1, 0.15) is 12.1 Å². The van der Waals surface area contributed by atoms with E-state index in [0.29, 0.717) is 34.6 Å². The van der Waals surface area contributed by atoms with Crippen LogP contribution in [-0.2, 0) is 0 Å². The normalized spacial score (nSPS) is 19.3. The Morgan fingerprint density at radius 1 is 1.30 bits per heavy atom. The summed E-state index contributed by atoms with van der Waals surface area (Å²) in [5.74, 6) is -0.860. The first-order chi connectivity index (χ1) is 13.0. The van der Waals surface area contributed by atoms with Crippen LogP contribution in [0.1, 0.15) is 21.8 Å². The molecule has 2 atom stereocenters. The molecule has 2 unspecified atom stereocenters. The number of hydrogen-bond donors (Lipinski definition) is 3. The minimum atomic E-state index is -0.542. The molecule has 1 amide bonds. The van der Waals surface area contributed by atoms with Crippen molar-refractivity contribution < 1.29 is 9.18 Å². The molecule has 0 radical (unpaired) electrons. The van der Waals surface area contributed by atoms with E-state index in [1.165, 1.54) is 18.5 Å². The highest BCUT2D eigenvalue weighted by atomic mass is 35.5. The Morgan fingerprint density at radius 2 is 2.15 bits per heavy atom. The van der Waals surface area contributed by atoms with Crippen molar-refractivity contribution in [2.24, 2.45) is 5.73 Å². The van der Waals surface area contributed by atoms with Crippen molar-refractivity contribution in [3.05, 3.63) is 64.8 Å². The van der Waals surface area contributed by atoms with Gasteiger partial charge in [-0.05, 0) is 35.9 Å². The van der Waals surface area contributed by atoms with Crippen molar-refractivity contribution in [1.29, 1.82) is 0 Å². The summed E-state index contributed by atoms with van der Waals surface area (Å²) in [5, 5.41) is 7.88. The summed E-state index contributed by atoms with van der Waals surface area (Å²) in [6.45, 7) is 1.40. The first-order valence-electron chi connectivity index (χ1n) is 8.48. The van der Waals surface area contributed by atoms with Crippen LogP contribution in [0, 0.1) is 5.82 Å². The van der Waals surface area contributed by atoms with E-state index in [9.17, 15) is 9.18 Å². The van der Waals surface area contributed by atoms with E-state index in [-0.39, 0.29) is 17.8 Å². The van der Waals surface area contributed by atoms with E-state index < -0.39 is 5.91 Å². The van der Waals surface area contributed by atoms with E-state index in [1.54, 1.807) is 24.4 Å². The Balaban J connectivity index is 1.69. The van der Waals surface area contributed by atoms with Gasteiger partial charge in [0.15, 0.2) is 0 Å². The summed E-state index contributed by atoms with van der Waals surface area (Å²) in [7, 11) is 0. The molecule has 1 fully saturated rings. The van der Waals surface area contributed by atoms with Crippen LogP contribution in [0.5, 0.6) is 0 Å². The van der Waals surface area contributed by atoms with Crippen molar-refractivity contribution in [2.45, 2.75) is 12.0 Å². The van der Waals surface area contributed by atoms with Crippen molar-refractivity contribution >= 4 is 34.1 Å². The van der Waals surface area contributed by atoms with Crippen molar-refractivity contribution in [1.82, 2.24) is 15.3 Å². The van der Waals surface area contributed by atoms with Gasteiger partial charge in [0, 0.05) is 47.3 Å². The quantitative estimate of drug-likeness (QED) is 0.642. The number of aromatic nitrogens is 2. The fourth-order valence-corrected chi connectivity index (χ4v) is 3.80. The first kappa shape index (κ1) is 17.6. The molecule has 27 heavy (non-hydrogen) atoms. The van der Waals surface area contributed by atoms with Crippen LogP contribution in [0.2, 0.25) is 5.02 Å². The van der Waals surface area contributed by atoms with Gasteiger partial charge >= 0.3 is 0 Å². The summed E-state index contributed by atoms with van der Waals surface area (Å²) >= 11 is 6.02. The van der Waals surface area contributed by atoms with Crippen LogP contribution in [0.4, 0.5) is 10.1 Å². The fraction of sp³-hybridized carbons (Fsp3) is 0.211. The predicted molar refractivity (Wildman–Crippen MR) is 102 cm³/mol. The van der Waals surface area contributed by atoms with Crippen LogP contribution in [0.15, 0.2) is 42.9 Å². The molecule has 6 nitrogen and oxygen atoms in total. The second kappa shape index (κ2) is 7.09. The lowest BCUT2D eigenvalue weighted by Crippen LogP contribution is -2.27. The molecule has 2 aromatic carbocycles. The van der Waals surface area contributed by atoms with Crippen molar-refractivity contribution in [3.63, 3.8) is 0 Å². The number of nitrogens with two attached hydrogens (primary N) is 1. The van der Waals surface area contributed by atoms with Crippen LogP contribution >= 0.6 is 11.6 Å². The van der Waals surface area contributed by atoms with Gasteiger partial charge < -0.3 is 16.4 Å². The monoisotopic (exact) mass is 385 g/mol. The zero-order valence-electron chi connectivity index (χ0n) is 14.2. The second-order valence-corrected chi connectivity index (χ2v) is 6.96. The highest BCUT2D eigenvalue weighted by Crippen LogP contribution is 2.31. The fourth-order valence-electron chi connectivity index (χ4n) is 3.57. The van der Waals surface area contributed by atoms with Crippen LogP contribution in [-0.4, -0.2) is 35.0 Å². The number of anilines is 1. The number of primary amides is 1. The van der Waals surface area contributed by atoms with Crippen LogP contribution < -0.4 is 16.4 Å². The summed E-state index contributed by atoms with van der Waals surface area (Å²) in [4.78, 5) is 19.9. The van der Waals surface area contributed by atoms with E-state index in [1.807, 2.05) is 0 Å². The van der Waals surface area contributed by atoms with Crippen molar-refractivity contribution in [3.8, 4) is 0 Å². The molecule has 0 bridgehead atoms. The van der Waals surface area contributed by atoms with Gasteiger partial charge in [0.25, 0.3) is 5.91 Å². The summed E-state index contributed by atoms with van der Waals surface area (Å²) in [6, 6.07) is 8.04. The third kappa shape index (κ3) is 3.43. The standard InChI is InChI=1S/C19H17ClFN5O/c20-11-3-10(4-12(21)5-11)14-6-23-8-17(14)26-16-2-1-13(19(22)27)18-15(16)7-24-9-25-18/h1-5,7,9,14,17,23,26H,6,8H2,(H2,22,27). The van der Waals surface area contributed by atoms with E-state index in [2.05, 4.69) is 20.6 Å². The van der Waals surface area contributed by atoms with Crippen molar-refractivity contribution in [2.75, 3.05) is 18.4 Å². The first-order valence-corrected chi connectivity index (χ1v) is 8.86. The third-order valence-corrected chi connectivity index (χ3v) is 5.03. The largest absolute Gasteiger partial charge is 0.380 e. The summed E-state index contributed by atoms with van der Waals surface area (Å²) in [5.41, 5.74) is 7.90. The molecule has 1 aliphatic rings. The van der Waals surface area contributed by atoms with Gasteiger partial charge in [-0.2, -0.15) is 0 Å². The van der Waals surface area contributed by atoms with E-state index in [4.69, 9.17) is 17.3 Å². The van der Waals surface area contributed by atoms with Gasteiger partial charge in [-0.25, -0.2) is 14.4 Å². The van der Waals surface area contributed by atoms with Crippen LogP contribution in [0.25, 0.3) is 10.9 Å². The highest BCUT2D eigenvalue weighted by Gasteiger charge is 2.29. The number of nitrogens with one attached hydrogen (secondary N) is 2. The Morgan fingerprint density at radius 3 is 2.93 bits per heavy atom. The van der Waals surface area contributed by atoms with E-state index >= 15 is 0 Å². The number of halogens is 2. The molecule has 0 saturated carbocycles. The number of rotatable bonds is 4. The Bertz CT molecular complexity index is 1010. The number of carbonyl (C=O) groups excluding carboxylic acids is 1. The SMILES string of the molecule is NC(=O)c1ccc(NC2CNCC2c2cc(F)cc(Cl)c2)c2cncnc12. The Hall–Kier alpha value is -2.77.